The van der Waals surface area contributed by atoms with Crippen LogP contribution < -0.4 is 0 Å². The Morgan fingerprint density at radius 1 is 1.25 bits per heavy atom. The van der Waals surface area contributed by atoms with Gasteiger partial charge in [-0.25, -0.2) is 13.4 Å². The number of imidazole rings is 1. The molecule has 1 fully saturated rings. The number of aryl methyl sites for hydroxylation is 1. The van der Waals surface area contributed by atoms with Crippen molar-refractivity contribution in [2.75, 3.05) is 20.2 Å². The molecular formula is C20H24N4O3S. The molecule has 1 atom stereocenters. The van der Waals surface area contributed by atoms with Gasteiger partial charge in [0.05, 0.1) is 22.2 Å². The van der Waals surface area contributed by atoms with Crippen LogP contribution in [0.5, 0.6) is 0 Å². The van der Waals surface area contributed by atoms with Crippen LogP contribution in [-0.4, -0.2) is 54.0 Å². The predicted octanol–water partition coefficient (Wildman–Crippen LogP) is 2.66. The van der Waals surface area contributed by atoms with Crippen molar-refractivity contribution in [2.45, 2.75) is 37.2 Å². The van der Waals surface area contributed by atoms with Crippen LogP contribution in [0.3, 0.4) is 0 Å². The lowest BCUT2D eigenvalue weighted by Gasteiger charge is -2.20. The number of benzene rings is 1. The zero-order valence-corrected chi connectivity index (χ0v) is 16.9. The first kappa shape index (κ1) is 19.0. The first-order valence-corrected chi connectivity index (χ1v) is 10.8. The minimum absolute atomic E-state index is 0.0112. The van der Waals surface area contributed by atoms with E-state index in [0.717, 1.165) is 41.0 Å². The maximum atomic E-state index is 12.8. The van der Waals surface area contributed by atoms with E-state index in [2.05, 4.69) is 15.0 Å². The number of nitrogens with one attached hydrogen (secondary N) is 1. The highest BCUT2D eigenvalue weighted by Crippen LogP contribution is 2.21. The number of nitrogens with zero attached hydrogens (tertiary/aromatic N) is 3. The van der Waals surface area contributed by atoms with Crippen LogP contribution in [0.25, 0.3) is 11.0 Å². The number of sulfonamides is 1. The van der Waals surface area contributed by atoms with Crippen molar-refractivity contribution in [1.29, 1.82) is 0 Å². The average Bonchev–Trinajstić information content (AvgIpc) is 3.31. The van der Waals surface area contributed by atoms with E-state index in [9.17, 15) is 8.42 Å². The molecule has 0 saturated carbocycles. The van der Waals surface area contributed by atoms with E-state index >= 15 is 0 Å². The summed E-state index contributed by atoms with van der Waals surface area (Å²) in [6, 6.07) is 8.90. The summed E-state index contributed by atoms with van der Waals surface area (Å²) >= 11 is 0. The zero-order chi connectivity index (χ0) is 19.7. The highest BCUT2D eigenvalue weighted by molar-refractivity contribution is 7.89. The fraction of sp³-hybridized carbons (Fsp3) is 0.400. The van der Waals surface area contributed by atoms with Gasteiger partial charge in [0.15, 0.2) is 0 Å². The van der Waals surface area contributed by atoms with E-state index in [4.69, 9.17) is 4.74 Å². The number of likely N-dealkylation sites (N-methyl/N-ethyl adjacent to an activating group) is 1. The summed E-state index contributed by atoms with van der Waals surface area (Å²) in [5.41, 5.74) is 3.67. The molecule has 1 aliphatic rings. The Hall–Kier alpha value is -2.29. The summed E-state index contributed by atoms with van der Waals surface area (Å²) in [5, 5.41) is 0. The number of hydrogen-bond acceptors (Lipinski definition) is 5. The smallest absolute Gasteiger partial charge is 0.242 e. The fourth-order valence-electron chi connectivity index (χ4n) is 3.57. The van der Waals surface area contributed by atoms with Crippen LogP contribution in [0.15, 0.2) is 41.4 Å². The number of fused-ring (bicyclic) bond motifs is 1. The van der Waals surface area contributed by atoms with Crippen molar-refractivity contribution < 1.29 is 13.2 Å². The average molecular weight is 401 g/mol. The monoisotopic (exact) mass is 400 g/mol. The molecule has 4 rings (SSSR count). The standard InChI is InChI=1S/C20H24N4O3S/c1-14-22-18-9-10-21-19(20(18)23-14)12-15-5-7-17(8-6-15)28(25,26)24(2)13-16-4-3-11-27-16/h5-10,16H,3-4,11-13H2,1-2H3,(H,22,23). The quantitative estimate of drug-likeness (QED) is 0.687. The normalized spacial score (nSPS) is 17.6. The minimum atomic E-state index is -3.53. The van der Waals surface area contributed by atoms with Crippen LogP contribution in [0.2, 0.25) is 0 Å². The maximum absolute atomic E-state index is 12.8. The third-order valence-electron chi connectivity index (χ3n) is 5.08. The van der Waals surface area contributed by atoms with Crippen molar-refractivity contribution in [3.05, 3.63) is 53.6 Å². The fourth-order valence-corrected chi connectivity index (χ4v) is 4.77. The Kier molecular flexibility index (Phi) is 5.18. The Morgan fingerprint density at radius 3 is 2.75 bits per heavy atom. The Balaban J connectivity index is 1.51. The Bertz CT molecular complexity index is 1070. The molecule has 1 saturated heterocycles. The molecule has 0 amide bonds. The summed E-state index contributed by atoms with van der Waals surface area (Å²) in [6.07, 6.45) is 4.23. The highest BCUT2D eigenvalue weighted by Gasteiger charge is 2.26. The third kappa shape index (κ3) is 3.80. The van der Waals surface area contributed by atoms with E-state index in [1.165, 1.54) is 4.31 Å². The molecule has 0 spiro atoms. The summed E-state index contributed by atoms with van der Waals surface area (Å²) in [5.74, 6) is 0.847. The molecule has 1 N–H and O–H groups in total. The molecule has 8 heteroatoms. The number of pyridine rings is 1. The van der Waals surface area contributed by atoms with Crippen molar-refractivity contribution in [2.24, 2.45) is 0 Å². The van der Waals surface area contributed by atoms with Crippen LogP contribution in [-0.2, 0) is 21.2 Å². The summed E-state index contributed by atoms with van der Waals surface area (Å²) < 4.78 is 32.6. The van der Waals surface area contributed by atoms with E-state index < -0.39 is 10.0 Å². The van der Waals surface area contributed by atoms with E-state index in [1.54, 1.807) is 25.4 Å². The third-order valence-corrected chi connectivity index (χ3v) is 6.92. The molecule has 1 aromatic carbocycles. The molecule has 1 aliphatic heterocycles. The summed E-state index contributed by atoms with van der Waals surface area (Å²) in [6.45, 7) is 3.01. The van der Waals surface area contributed by atoms with Crippen LogP contribution in [0.4, 0.5) is 0 Å². The lowest BCUT2D eigenvalue weighted by atomic mass is 10.1. The molecule has 3 aromatic rings. The van der Waals surface area contributed by atoms with Gasteiger partial charge in [-0.05, 0) is 43.5 Å². The van der Waals surface area contributed by atoms with Gasteiger partial charge in [-0.2, -0.15) is 4.31 Å². The van der Waals surface area contributed by atoms with Crippen molar-refractivity contribution in [3.8, 4) is 0 Å². The lowest BCUT2D eigenvalue weighted by molar-refractivity contribution is 0.0979. The van der Waals surface area contributed by atoms with Crippen LogP contribution >= 0.6 is 0 Å². The Labute approximate surface area is 164 Å². The molecule has 0 bridgehead atoms. The van der Waals surface area contributed by atoms with E-state index in [0.29, 0.717) is 24.5 Å². The van der Waals surface area contributed by atoms with Gasteiger partial charge in [0, 0.05) is 32.8 Å². The van der Waals surface area contributed by atoms with Gasteiger partial charge in [-0.1, -0.05) is 12.1 Å². The SMILES string of the molecule is Cc1nc2c(Cc3ccc(S(=O)(=O)N(C)CC4CCCO4)cc3)nccc2[nH]1. The minimum Gasteiger partial charge on any atom is -0.377 e. The summed E-state index contributed by atoms with van der Waals surface area (Å²) in [7, 11) is -1.92. The number of ether oxygens (including phenoxy) is 1. The largest absolute Gasteiger partial charge is 0.377 e. The van der Waals surface area contributed by atoms with Crippen LogP contribution in [0.1, 0.15) is 29.9 Å². The number of H-pyrrole nitrogens is 1. The second-order valence-corrected chi connectivity index (χ2v) is 9.26. The molecule has 2 aromatic heterocycles. The van der Waals surface area contributed by atoms with Gasteiger partial charge in [-0.3, -0.25) is 4.98 Å². The molecule has 1 unspecified atom stereocenters. The molecule has 3 heterocycles. The topological polar surface area (TPSA) is 88.2 Å². The van der Waals surface area contributed by atoms with Gasteiger partial charge >= 0.3 is 0 Å². The molecule has 7 nitrogen and oxygen atoms in total. The van der Waals surface area contributed by atoms with E-state index in [-0.39, 0.29) is 6.10 Å². The zero-order valence-electron chi connectivity index (χ0n) is 16.1. The predicted molar refractivity (Wildman–Crippen MR) is 107 cm³/mol. The molecule has 0 radical (unpaired) electrons. The highest BCUT2D eigenvalue weighted by atomic mass is 32.2. The lowest BCUT2D eigenvalue weighted by Crippen LogP contribution is -2.34. The Morgan fingerprint density at radius 2 is 2.04 bits per heavy atom. The first-order chi connectivity index (χ1) is 13.4. The number of aromatic amines is 1. The van der Waals surface area contributed by atoms with Gasteiger partial charge in [0.25, 0.3) is 0 Å². The van der Waals surface area contributed by atoms with Crippen molar-refractivity contribution in [1.82, 2.24) is 19.3 Å². The van der Waals surface area contributed by atoms with Gasteiger partial charge in [-0.15, -0.1) is 0 Å². The number of aromatic nitrogens is 3. The van der Waals surface area contributed by atoms with Gasteiger partial charge in [0.1, 0.15) is 11.3 Å². The van der Waals surface area contributed by atoms with Crippen molar-refractivity contribution >= 4 is 21.1 Å². The number of rotatable bonds is 6. The van der Waals surface area contributed by atoms with Crippen LogP contribution in [0, 0.1) is 6.92 Å². The van der Waals surface area contributed by atoms with Crippen molar-refractivity contribution in [3.63, 3.8) is 0 Å². The number of hydrogen-bond donors (Lipinski definition) is 1. The van der Waals surface area contributed by atoms with Gasteiger partial charge < -0.3 is 9.72 Å². The summed E-state index contributed by atoms with van der Waals surface area (Å²) in [4.78, 5) is 12.5. The molecule has 28 heavy (non-hydrogen) atoms. The molecule has 0 aliphatic carbocycles. The van der Waals surface area contributed by atoms with Gasteiger partial charge in [0.2, 0.25) is 10.0 Å². The first-order valence-electron chi connectivity index (χ1n) is 9.40. The second kappa shape index (κ2) is 7.62. The molecule has 148 valence electrons. The second-order valence-electron chi connectivity index (χ2n) is 7.22. The maximum Gasteiger partial charge on any atom is 0.242 e. The molecular weight excluding hydrogens is 376 g/mol. The van der Waals surface area contributed by atoms with E-state index in [1.807, 2.05) is 25.1 Å².